The smallest absolute Gasteiger partial charge is 0.260 e. The summed E-state index contributed by atoms with van der Waals surface area (Å²) in [5.41, 5.74) is -2.69. The van der Waals surface area contributed by atoms with Crippen LogP contribution in [0.1, 0.15) is 35.6 Å². The van der Waals surface area contributed by atoms with Crippen LogP contribution >= 0.6 is 0 Å². The summed E-state index contributed by atoms with van der Waals surface area (Å²) in [5.74, 6) is -6.24. The van der Waals surface area contributed by atoms with E-state index >= 15 is 0 Å². The van der Waals surface area contributed by atoms with E-state index in [9.17, 15) is 15.1 Å². The average Bonchev–Trinajstić information content (AvgIpc) is 0.679. The molecule has 0 unspecified atom stereocenters. The minimum Gasteiger partial charge on any atom is -0.458 e. The van der Waals surface area contributed by atoms with Crippen molar-refractivity contribution in [1.82, 2.24) is 0 Å². The summed E-state index contributed by atoms with van der Waals surface area (Å²) in [7, 11) is 0. The first-order valence-corrected chi connectivity index (χ1v) is 19.4. The molecule has 288 valence electrons. The zero-order chi connectivity index (χ0) is 63.3. The number of benzene rings is 10. The minimum atomic E-state index is -1.74. The quantitative estimate of drug-likeness (QED) is 0.118. The highest BCUT2D eigenvalue weighted by atomic mass is 16.5. The van der Waals surface area contributed by atoms with E-state index in [0.717, 1.165) is 0 Å². The first kappa shape index (κ1) is 17.4. The second kappa shape index (κ2) is 11.5. The van der Waals surface area contributed by atoms with Crippen molar-refractivity contribution in [3.05, 3.63) is 163 Å². The monoisotopic (exact) mass is 830 g/mol. The Kier molecular flexibility index (Phi) is 3.16. The molecule has 0 N–H and O–H groups in total. The molecule has 6 aliphatic rings. The van der Waals surface area contributed by atoms with Gasteiger partial charge in [0.15, 0.2) is 0 Å². The average molecular weight is 830 g/mol. The summed E-state index contributed by atoms with van der Waals surface area (Å²) in [4.78, 5) is 0. The molecule has 0 fully saturated rings. The molecule has 0 spiro atoms. The van der Waals surface area contributed by atoms with Crippen molar-refractivity contribution in [2.75, 3.05) is 0 Å². The molecule has 0 saturated carbocycles. The molecule has 0 atom stereocenters. The number of rotatable bonds is 0. The van der Waals surface area contributed by atoms with Gasteiger partial charge in [-0.3, -0.25) is 0 Å². The van der Waals surface area contributed by atoms with Crippen LogP contribution < -0.4 is 77.6 Å². The third-order valence-corrected chi connectivity index (χ3v) is 12.4. The maximum atomic E-state index is 10.4. The van der Waals surface area contributed by atoms with Crippen molar-refractivity contribution < 1.29 is 64.1 Å². The molecule has 9 heteroatoms. The van der Waals surface area contributed by atoms with Crippen LogP contribution in [-0.4, -0.2) is 20.1 Å². The Morgan fingerprint density at radius 2 is 0.587 bits per heavy atom. The highest BCUT2D eigenvalue weighted by Crippen LogP contribution is 2.50. The van der Waals surface area contributed by atoms with Gasteiger partial charge in [0, 0.05) is 32.5 Å². The molecule has 6 aliphatic heterocycles. The maximum absolute atomic E-state index is 10.4. The van der Waals surface area contributed by atoms with E-state index in [1.807, 2.05) is 0 Å². The van der Waals surface area contributed by atoms with E-state index in [4.69, 9.17) is 49.0 Å². The molecule has 0 saturated heterocycles. The van der Waals surface area contributed by atoms with Crippen LogP contribution in [0.25, 0.3) is 32.3 Å². The molecule has 0 radical (unpaired) electrons. The highest BCUT2D eigenvalue weighted by Gasteiger charge is 2.45. The number of para-hydroxylation sites is 3. The molecule has 6 heterocycles. The number of hydrogen-bond donors (Lipinski definition) is 0. The molecule has 63 heavy (non-hydrogen) atoms. The summed E-state index contributed by atoms with van der Waals surface area (Å²) in [6, 6.07) is -18.4. The molecule has 6 nitrogen and oxygen atoms in total. The highest BCUT2D eigenvalue weighted by molar-refractivity contribution is 7.00. The van der Waals surface area contributed by atoms with Crippen molar-refractivity contribution in [3.8, 4) is 69.0 Å². The second-order valence-corrected chi connectivity index (χ2v) is 15.3. The molecule has 0 amide bonds. The van der Waals surface area contributed by atoms with Crippen molar-refractivity contribution in [2.45, 2.75) is 0 Å². The largest absolute Gasteiger partial charge is 0.458 e. The van der Waals surface area contributed by atoms with Gasteiger partial charge in [0.05, 0.1) is 35.6 Å². The predicted octanol–water partition coefficient (Wildman–Crippen LogP) is 7.33. The lowest BCUT2D eigenvalue weighted by Crippen LogP contribution is -2.57. The van der Waals surface area contributed by atoms with Gasteiger partial charge in [-0.05, 0) is 103 Å². The lowest BCUT2D eigenvalue weighted by molar-refractivity contribution is 0.467. The zero-order valence-corrected chi connectivity index (χ0v) is 31.3. The topological polar surface area (TPSA) is 55.4 Å². The number of fused-ring (bicyclic) bond motifs is 21. The number of hydrogen-bond acceptors (Lipinski definition) is 6. The van der Waals surface area contributed by atoms with E-state index in [-0.39, 0.29) is 43.6 Å². The fraction of sp³-hybridized carbons (Fsp3) is 0. The SMILES string of the molecule is [2H]c1c([2H])c([2H])c2c(c1[2H])Oc1c([2H])c([2H])c([2H])c3c1B2c1cc([2H])c2c(c1O3)c1c([2H])c([2H])c3c(c1c1c([2H])c([2H])c4c(c21)Oc1c([2H])c([2H])c([2H])c2c1B4c1c([2H])c([2H])c([2H])c([2H])c1O2)Oc1c([2H])c([2H])c([2H])c2c1B3c1c([2H])c([2H])c([2H])c([2H])c1O2. The first-order chi connectivity index (χ1) is 42.1. The van der Waals surface area contributed by atoms with Crippen molar-refractivity contribution in [2.24, 2.45) is 0 Å². The van der Waals surface area contributed by atoms with Crippen LogP contribution in [0.15, 0.2) is 163 Å². The van der Waals surface area contributed by atoms with Crippen LogP contribution in [-0.2, 0) is 0 Å². The summed E-state index contributed by atoms with van der Waals surface area (Å²) in [6.45, 7) is -5.03. The molecule has 10 aromatic rings. The van der Waals surface area contributed by atoms with Crippen molar-refractivity contribution >= 4 is 102 Å². The normalized spacial score (nSPS) is 20.2. The van der Waals surface area contributed by atoms with Crippen LogP contribution in [0.3, 0.4) is 0 Å². The van der Waals surface area contributed by atoms with Gasteiger partial charge in [0.2, 0.25) is 0 Å². The Labute approximate surface area is 397 Å². The summed E-state index contributed by atoms with van der Waals surface area (Å²) < 4.78 is 280. The van der Waals surface area contributed by atoms with Gasteiger partial charge in [-0.1, -0.05) is 109 Å². The molecular formula is C54H27B3O6. The molecule has 10 aromatic carbocycles. The van der Waals surface area contributed by atoms with E-state index in [1.54, 1.807) is 0 Å². The lowest BCUT2D eigenvalue weighted by Gasteiger charge is -2.35. The first-order valence-electron chi connectivity index (χ1n) is 32.4. The lowest BCUT2D eigenvalue weighted by atomic mass is 9.34. The summed E-state index contributed by atoms with van der Waals surface area (Å²) in [6.07, 6.45) is 0. The van der Waals surface area contributed by atoms with Gasteiger partial charge in [0.25, 0.3) is 20.1 Å². The van der Waals surface area contributed by atoms with Crippen LogP contribution in [0.2, 0.25) is 0 Å². The summed E-state index contributed by atoms with van der Waals surface area (Å²) >= 11 is 0. The van der Waals surface area contributed by atoms with Gasteiger partial charge >= 0.3 is 0 Å². The Morgan fingerprint density at radius 3 is 1.00 bits per heavy atom. The van der Waals surface area contributed by atoms with Gasteiger partial charge in [0.1, 0.15) is 69.0 Å². The van der Waals surface area contributed by atoms with Gasteiger partial charge in [-0.15, -0.1) is 0 Å². The maximum Gasteiger partial charge on any atom is 0.260 e. The van der Waals surface area contributed by atoms with E-state index in [1.165, 1.54) is 6.07 Å². The molecular weight excluding hydrogens is 777 g/mol. The third kappa shape index (κ3) is 4.04. The minimum absolute atomic E-state index is 0.162. The molecule has 0 bridgehead atoms. The van der Waals surface area contributed by atoms with E-state index in [0.29, 0.717) is 0 Å². The van der Waals surface area contributed by atoms with E-state index < -0.39 is 284 Å². The summed E-state index contributed by atoms with van der Waals surface area (Å²) in [5, 5.41) is -2.62. The number of ether oxygens (including phenoxy) is 6. The Bertz CT molecular complexity index is 5230. The van der Waals surface area contributed by atoms with Crippen LogP contribution in [0, 0.1) is 0 Å². The molecule has 0 aromatic heterocycles. The third-order valence-electron chi connectivity index (χ3n) is 12.4. The Balaban J connectivity index is 1.17. The van der Waals surface area contributed by atoms with Crippen molar-refractivity contribution in [3.63, 3.8) is 0 Å². The van der Waals surface area contributed by atoms with Crippen LogP contribution in [0.4, 0.5) is 0 Å². The fourth-order valence-electron chi connectivity index (χ4n) is 9.91. The second-order valence-electron chi connectivity index (χ2n) is 15.3. The van der Waals surface area contributed by atoms with Gasteiger partial charge in [-0.25, -0.2) is 0 Å². The van der Waals surface area contributed by atoms with Gasteiger partial charge < -0.3 is 28.4 Å². The Morgan fingerprint density at radius 1 is 0.270 bits per heavy atom. The molecule has 0 aliphatic carbocycles. The van der Waals surface area contributed by atoms with Crippen molar-refractivity contribution in [1.29, 1.82) is 0 Å². The standard InChI is InChI=1S/C54H27B3O6/c1-4-13-37-31(10-1)55-34-25-22-28-46(52(34)61-43-19-7-16-40(58-37)49(43)55)29-23-26-35-54(63-45-21-9-18-42-51(45)56(35)32-11-2-5-14-38(32)59-42)48(29)30-24-27-36-53(47(28)30)62-44-20-8-17-41-50(44)57(36)33-12-3-6-15-39(33)60-41/h1-27H/i1D,2D,3D,4D,5D,6D,7D,8D,9D,10D,11D,12D,13D,14D,15D,16D,17D,18D,19D,20D,21D,22D,23D,24D,25D,26D. The van der Waals surface area contributed by atoms with Crippen LogP contribution in [0.5, 0.6) is 69.0 Å². The fourth-order valence-corrected chi connectivity index (χ4v) is 9.91. The van der Waals surface area contributed by atoms with Gasteiger partial charge in [-0.2, -0.15) is 0 Å². The predicted molar refractivity (Wildman–Crippen MR) is 252 cm³/mol. The molecule has 16 rings (SSSR count). The van der Waals surface area contributed by atoms with E-state index in [2.05, 4.69) is 0 Å². The zero-order valence-electron chi connectivity index (χ0n) is 57.3. The Hall–Kier alpha value is -8.03.